The van der Waals surface area contributed by atoms with E-state index < -0.39 is 0 Å². The van der Waals surface area contributed by atoms with Crippen LogP contribution in [0.15, 0.2) is 36.4 Å². The number of ether oxygens (including phenoxy) is 1. The molecule has 2 aromatic carbocycles. The Balaban J connectivity index is 1.82. The van der Waals surface area contributed by atoms with Crippen molar-refractivity contribution in [1.29, 1.82) is 0 Å². The molecule has 1 unspecified atom stereocenters. The van der Waals surface area contributed by atoms with Crippen LogP contribution >= 0.6 is 23.2 Å². The number of benzene rings is 2. The third-order valence-electron chi connectivity index (χ3n) is 4.79. The number of hydrogen-bond donors (Lipinski definition) is 0. The molecule has 0 spiro atoms. The lowest BCUT2D eigenvalue weighted by molar-refractivity contribution is -0.0212. The van der Waals surface area contributed by atoms with Crippen LogP contribution in [-0.2, 0) is 4.74 Å². The second-order valence-corrected chi connectivity index (χ2v) is 7.07. The maximum atomic E-state index is 6.25. The van der Waals surface area contributed by atoms with Gasteiger partial charge in [0.05, 0.1) is 10.0 Å². The zero-order valence-electron chi connectivity index (χ0n) is 14.5. The summed E-state index contributed by atoms with van der Waals surface area (Å²) in [6.45, 7) is 12.1. The van der Waals surface area contributed by atoms with Gasteiger partial charge in [-0.3, -0.25) is 4.90 Å². The first-order valence-corrected chi connectivity index (χ1v) is 9.12. The van der Waals surface area contributed by atoms with Gasteiger partial charge in [-0.2, -0.15) is 0 Å². The molecule has 1 saturated heterocycles. The average Bonchev–Trinajstić information content (AvgIpc) is 2.64. The Hall–Kier alpha value is -1.26. The van der Waals surface area contributed by atoms with Crippen molar-refractivity contribution in [3.8, 4) is 11.1 Å². The Kier molecular flexibility index (Phi) is 5.90. The largest absolute Gasteiger partial charge is 0.369 e. The SMILES string of the molecule is [CH]c1ccc(-c2ccc(Cl)c(Cl)c2)cc1N1CCN(C(C)OC)CC1. The number of nitrogens with zero attached hydrogens (tertiary/aromatic N) is 2. The van der Waals surface area contributed by atoms with Gasteiger partial charge >= 0.3 is 0 Å². The zero-order chi connectivity index (χ0) is 18.0. The van der Waals surface area contributed by atoms with Crippen molar-refractivity contribution < 1.29 is 4.74 Å². The highest BCUT2D eigenvalue weighted by atomic mass is 35.5. The highest BCUT2D eigenvalue weighted by Crippen LogP contribution is 2.32. The lowest BCUT2D eigenvalue weighted by atomic mass is 10.0. The van der Waals surface area contributed by atoms with Gasteiger partial charge in [0, 0.05) is 45.9 Å². The van der Waals surface area contributed by atoms with Crippen LogP contribution in [0.25, 0.3) is 11.1 Å². The lowest BCUT2D eigenvalue weighted by Gasteiger charge is -2.39. The van der Waals surface area contributed by atoms with Crippen LogP contribution in [0, 0.1) is 6.92 Å². The maximum Gasteiger partial charge on any atom is 0.107 e. The van der Waals surface area contributed by atoms with Crippen LogP contribution < -0.4 is 4.90 Å². The van der Waals surface area contributed by atoms with Gasteiger partial charge in [-0.05, 0) is 41.8 Å². The molecule has 3 rings (SSSR count). The van der Waals surface area contributed by atoms with Crippen LogP contribution in [0.4, 0.5) is 5.69 Å². The molecule has 0 saturated carbocycles. The second kappa shape index (κ2) is 7.96. The van der Waals surface area contributed by atoms with Crippen molar-refractivity contribution in [2.45, 2.75) is 13.2 Å². The van der Waals surface area contributed by atoms with E-state index in [9.17, 15) is 0 Å². The minimum atomic E-state index is 0.141. The van der Waals surface area contributed by atoms with E-state index in [1.807, 2.05) is 30.3 Å². The quantitative estimate of drug-likeness (QED) is 0.759. The van der Waals surface area contributed by atoms with Gasteiger partial charge in [0.25, 0.3) is 0 Å². The van der Waals surface area contributed by atoms with E-state index in [4.69, 9.17) is 34.9 Å². The molecule has 5 heteroatoms. The van der Waals surface area contributed by atoms with Crippen LogP contribution in [0.1, 0.15) is 12.5 Å². The van der Waals surface area contributed by atoms with Gasteiger partial charge in [0.2, 0.25) is 0 Å². The van der Waals surface area contributed by atoms with Gasteiger partial charge in [-0.1, -0.05) is 41.4 Å². The summed E-state index contributed by atoms with van der Waals surface area (Å²) in [6.07, 6.45) is 0.141. The molecule has 1 fully saturated rings. The fraction of sp³-hybridized carbons (Fsp3) is 0.350. The van der Waals surface area contributed by atoms with E-state index in [2.05, 4.69) is 22.8 Å². The molecule has 0 aliphatic carbocycles. The zero-order valence-corrected chi connectivity index (χ0v) is 16.0. The first kappa shape index (κ1) is 18.5. The highest BCUT2D eigenvalue weighted by Gasteiger charge is 2.22. The Morgan fingerprint density at radius 1 is 0.960 bits per heavy atom. The molecule has 0 N–H and O–H groups in total. The molecular weight excluding hydrogens is 355 g/mol. The Morgan fingerprint density at radius 2 is 1.60 bits per heavy atom. The van der Waals surface area contributed by atoms with Crippen molar-refractivity contribution in [2.75, 3.05) is 38.2 Å². The summed E-state index contributed by atoms with van der Waals surface area (Å²) in [5.74, 6) is 0. The topological polar surface area (TPSA) is 15.7 Å². The molecule has 132 valence electrons. The third kappa shape index (κ3) is 4.12. The molecule has 3 nitrogen and oxygen atoms in total. The molecule has 1 heterocycles. The molecule has 2 aromatic rings. The Labute approximate surface area is 160 Å². The average molecular weight is 377 g/mol. The minimum Gasteiger partial charge on any atom is -0.369 e. The summed E-state index contributed by atoms with van der Waals surface area (Å²) in [5.41, 5.74) is 3.96. The molecule has 0 aromatic heterocycles. The molecular formula is C20H22Cl2N2O. The van der Waals surface area contributed by atoms with E-state index in [0.717, 1.165) is 48.6 Å². The first-order chi connectivity index (χ1) is 12.0. The van der Waals surface area contributed by atoms with Crippen molar-refractivity contribution in [3.05, 3.63) is 58.9 Å². The number of methoxy groups -OCH3 is 1. The predicted molar refractivity (Wildman–Crippen MR) is 106 cm³/mol. The summed E-state index contributed by atoms with van der Waals surface area (Å²) < 4.78 is 5.41. The molecule has 25 heavy (non-hydrogen) atoms. The number of halogens is 2. The van der Waals surface area contributed by atoms with Gasteiger partial charge < -0.3 is 9.64 Å². The van der Waals surface area contributed by atoms with Crippen molar-refractivity contribution in [3.63, 3.8) is 0 Å². The predicted octanol–water partition coefficient (Wildman–Crippen LogP) is 4.83. The van der Waals surface area contributed by atoms with Crippen LogP contribution in [0.2, 0.25) is 10.0 Å². The first-order valence-electron chi connectivity index (χ1n) is 8.36. The summed E-state index contributed by atoms with van der Waals surface area (Å²) >= 11 is 12.2. The van der Waals surface area contributed by atoms with E-state index in [-0.39, 0.29) is 6.23 Å². The van der Waals surface area contributed by atoms with Gasteiger partial charge in [0.15, 0.2) is 0 Å². The fourth-order valence-electron chi connectivity index (χ4n) is 3.15. The summed E-state index contributed by atoms with van der Waals surface area (Å²) in [6, 6.07) is 11.8. The standard InChI is InChI=1S/C20H22Cl2N2O/c1-14-4-5-17(16-6-7-18(21)19(22)12-16)13-20(14)24-10-8-23(9-11-24)15(2)25-3/h1,4-7,12-13,15H,8-11H2,2-3H3. The second-order valence-electron chi connectivity index (χ2n) is 6.26. The smallest absolute Gasteiger partial charge is 0.107 e. The van der Waals surface area contributed by atoms with E-state index in [1.54, 1.807) is 7.11 Å². The Morgan fingerprint density at radius 3 is 2.24 bits per heavy atom. The van der Waals surface area contributed by atoms with Crippen LogP contribution in [0.3, 0.4) is 0 Å². The summed E-state index contributed by atoms with van der Waals surface area (Å²) in [7, 11) is 1.75. The molecule has 0 bridgehead atoms. The Bertz CT molecular complexity index is 742. The maximum absolute atomic E-state index is 6.25. The van der Waals surface area contributed by atoms with E-state index in [1.165, 1.54) is 0 Å². The monoisotopic (exact) mass is 376 g/mol. The fourth-order valence-corrected chi connectivity index (χ4v) is 3.45. The number of hydrogen-bond acceptors (Lipinski definition) is 3. The molecule has 1 atom stereocenters. The number of anilines is 1. The molecule has 1 aliphatic heterocycles. The lowest BCUT2D eigenvalue weighted by Crippen LogP contribution is -2.50. The van der Waals surface area contributed by atoms with Gasteiger partial charge in [-0.25, -0.2) is 0 Å². The highest BCUT2D eigenvalue weighted by molar-refractivity contribution is 6.42. The minimum absolute atomic E-state index is 0.141. The van der Waals surface area contributed by atoms with E-state index in [0.29, 0.717) is 10.0 Å². The molecule has 0 amide bonds. The third-order valence-corrected chi connectivity index (χ3v) is 5.53. The van der Waals surface area contributed by atoms with E-state index >= 15 is 0 Å². The number of rotatable bonds is 4. The van der Waals surface area contributed by atoms with Crippen molar-refractivity contribution >= 4 is 28.9 Å². The van der Waals surface area contributed by atoms with Crippen molar-refractivity contribution in [1.82, 2.24) is 4.90 Å². The summed E-state index contributed by atoms with van der Waals surface area (Å²) in [5, 5.41) is 1.11. The van der Waals surface area contributed by atoms with Crippen molar-refractivity contribution in [2.24, 2.45) is 0 Å². The van der Waals surface area contributed by atoms with Gasteiger partial charge in [-0.15, -0.1) is 0 Å². The van der Waals surface area contributed by atoms with Crippen LogP contribution in [-0.4, -0.2) is 44.4 Å². The molecule has 1 aliphatic rings. The normalized spacial score (nSPS) is 16.9. The summed E-state index contributed by atoms with van der Waals surface area (Å²) in [4.78, 5) is 4.66. The number of piperazine rings is 1. The van der Waals surface area contributed by atoms with Gasteiger partial charge in [0.1, 0.15) is 6.23 Å². The molecule has 2 radical (unpaired) electrons. The van der Waals surface area contributed by atoms with Crippen LogP contribution in [0.5, 0.6) is 0 Å².